The first kappa shape index (κ1) is 16.0. The summed E-state index contributed by atoms with van der Waals surface area (Å²) in [4.78, 5) is 0. The van der Waals surface area contributed by atoms with Crippen LogP contribution in [-0.2, 0) is 6.54 Å². The van der Waals surface area contributed by atoms with Crippen molar-refractivity contribution in [3.63, 3.8) is 0 Å². The fourth-order valence-electron chi connectivity index (χ4n) is 2.47. The normalized spacial score (nSPS) is 13.4. The lowest BCUT2D eigenvalue weighted by Gasteiger charge is -2.12. The van der Waals surface area contributed by atoms with E-state index in [0.717, 1.165) is 43.1 Å². The number of benzene rings is 2. The molecule has 122 valence electrons. The number of halogens is 1. The van der Waals surface area contributed by atoms with Gasteiger partial charge in [0, 0.05) is 31.7 Å². The van der Waals surface area contributed by atoms with E-state index in [1.807, 2.05) is 30.3 Å². The van der Waals surface area contributed by atoms with Gasteiger partial charge in [0.2, 0.25) is 0 Å². The molecule has 0 saturated carbocycles. The Labute approximate surface area is 141 Å². The van der Waals surface area contributed by atoms with Crippen molar-refractivity contribution in [3.05, 3.63) is 53.1 Å². The lowest BCUT2D eigenvalue weighted by Crippen LogP contribution is -2.21. The van der Waals surface area contributed by atoms with E-state index in [2.05, 4.69) is 22.8 Å². The van der Waals surface area contributed by atoms with Crippen molar-refractivity contribution >= 4 is 17.3 Å². The van der Waals surface area contributed by atoms with E-state index in [4.69, 9.17) is 21.1 Å². The summed E-state index contributed by atoms with van der Waals surface area (Å²) in [6.45, 7) is 3.78. The quantitative estimate of drug-likeness (QED) is 0.791. The molecule has 2 aromatic carbocycles. The van der Waals surface area contributed by atoms with Crippen LogP contribution >= 0.6 is 11.6 Å². The second-order valence-corrected chi connectivity index (χ2v) is 5.83. The van der Waals surface area contributed by atoms with Crippen molar-refractivity contribution in [2.75, 3.05) is 31.6 Å². The number of hydrogen-bond acceptors (Lipinski definition) is 4. The van der Waals surface area contributed by atoms with Crippen molar-refractivity contribution in [1.82, 2.24) is 5.32 Å². The first-order valence-corrected chi connectivity index (χ1v) is 8.28. The van der Waals surface area contributed by atoms with E-state index >= 15 is 0 Å². The summed E-state index contributed by atoms with van der Waals surface area (Å²) in [5, 5.41) is 7.39. The molecule has 0 radical (unpaired) electrons. The zero-order valence-corrected chi connectivity index (χ0v) is 13.7. The minimum Gasteiger partial charge on any atom is -0.489 e. The molecule has 1 aliphatic rings. The number of anilines is 1. The molecule has 0 spiro atoms. The van der Waals surface area contributed by atoms with E-state index in [0.29, 0.717) is 24.0 Å². The van der Waals surface area contributed by atoms with Crippen LogP contribution in [0, 0.1) is 0 Å². The third kappa shape index (κ3) is 4.53. The summed E-state index contributed by atoms with van der Waals surface area (Å²) in [5.41, 5.74) is 2.23. The highest BCUT2D eigenvalue weighted by molar-refractivity contribution is 6.32. The van der Waals surface area contributed by atoms with Gasteiger partial charge in [-0.15, -0.1) is 0 Å². The second-order valence-electron chi connectivity index (χ2n) is 5.42. The van der Waals surface area contributed by atoms with Gasteiger partial charge >= 0.3 is 0 Å². The summed E-state index contributed by atoms with van der Waals surface area (Å²) in [5.74, 6) is 1.41. The van der Waals surface area contributed by atoms with Gasteiger partial charge in [-0.2, -0.15) is 0 Å². The lowest BCUT2D eigenvalue weighted by atomic mass is 10.2. The van der Waals surface area contributed by atoms with Gasteiger partial charge in [0.25, 0.3) is 0 Å². The molecule has 0 amide bonds. The van der Waals surface area contributed by atoms with Gasteiger partial charge in [0.15, 0.2) is 11.5 Å². The highest BCUT2D eigenvalue weighted by atomic mass is 35.5. The third-order valence-electron chi connectivity index (χ3n) is 3.60. The molecule has 4 nitrogen and oxygen atoms in total. The number of hydrogen-bond donors (Lipinski definition) is 2. The van der Waals surface area contributed by atoms with Crippen LogP contribution in [0.15, 0.2) is 42.5 Å². The van der Waals surface area contributed by atoms with Crippen molar-refractivity contribution in [1.29, 1.82) is 0 Å². The fraction of sp³-hybridized carbons (Fsp3) is 0.333. The fourth-order valence-corrected chi connectivity index (χ4v) is 2.76. The zero-order chi connectivity index (χ0) is 15.9. The van der Waals surface area contributed by atoms with Crippen LogP contribution in [0.1, 0.15) is 12.0 Å². The van der Waals surface area contributed by atoms with E-state index in [1.54, 1.807) is 0 Å². The molecule has 0 aromatic heterocycles. The van der Waals surface area contributed by atoms with E-state index in [1.165, 1.54) is 0 Å². The molecule has 2 aromatic rings. The molecule has 0 bridgehead atoms. The maximum absolute atomic E-state index is 6.29. The Morgan fingerprint density at radius 2 is 1.83 bits per heavy atom. The summed E-state index contributed by atoms with van der Waals surface area (Å²) in [7, 11) is 0. The number of fused-ring (bicyclic) bond motifs is 1. The predicted molar refractivity (Wildman–Crippen MR) is 93.7 cm³/mol. The van der Waals surface area contributed by atoms with Crippen molar-refractivity contribution in [3.8, 4) is 11.5 Å². The van der Waals surface area contributed by atoms with Crippen LogP contribution in [-0.4, -0.2) is 26.3 Å². The average molecular weight is 333 g/mol. The Kier molecular flexibility index (Phi) is 5.61. The minimum atomic E-state index is 0.614. The first-order valence-electron chi connectivity index (χ1n) is 7.90. The zero-order valence-electron chi connectivity index (χ0n) is 13.0. The van der Waals surface area contributed by atoms with E-state index in [9.17, 15) is 0 Å². The highest BCUT2D eigenvalue weighted by Crippen LogP contribution is 2.37. The SMILES string of the molecule is Clc1cc(CNCCNc2ccccc2)cc2c1OCCCO2. The maximum Gasteiger partial charge on any atom is 0.179 e. The monoisotopic (exact) mass is 332 g/mol. The summed E-state index contributed by atoms with van der Waals surface area (Å²) >= 11 is 6.29. The van der Waals surface area contributed by atoms with Crippen molar-refractivity contribution in [2.45, 2.75) is 13.0 Å². The molecular weight excluding hydrogens is 312 g/mol. The van der Waals surface area contributed by atoms with E-state index in [-0.39, 0.29) is 0 Å². The van der Waals surface area contributed by atoms with Gasteiger partial charge < -0.3 is 20.1 Å². The Balaban J connectivity index is 1.48. The Morgan fingerprint density at radius 1 is 1.00 bits per heavy atom. The highest BCUT2D eigenvalue weighted by Gasteiger charge is 2.15. The number of para-hydroxylation sites is 1. The van der Waals surface area contributed by atoms with Gasteiger partial charge in [0.1, 0.15) is 0 Å². The van der Waals surface area contributed by atoms with Gasteiger partial charge in [-0.25, -0.2) is 0 Å². The van der Waals surface area contributed by atoms with Crippen molar-refractivity contribution < 1.29 is 9.47 Å². The molecule has 0 atom stereocenters. The van der Waals surface area contributed by atoms with Crippen LogP contribution in [0.2, 0.25) is 5.02 Å². The molecular formula is C18H21ClN2O2. The second kappa shape index (κ2) is 8.09. The van der Waals surface area contributed by atoms with Crippen LogP contribution in [0.4, 0.5) is 5.69 Å². The Morgan fingerprint density at radius 3 is 2.70 bits per heavy atom. The number of nitrogens with one attached hydrogen (secondary N) is 2. The topological polar surface area (TPSA) is 42.5 Å². The molecule has 0 saturated heterocycles. The molecule has 2 N–H and O–H groups in total. The number of rotatable bonds is 6. The van der Waals surface area contributed by atoms with Gasteiger partial charge in [-0.1, -0.05) is 29.8 Å². The smallest absolute Gasteiger partial charge is 0.179 e. The molecule has 1 heterocycles. The van der Waals surface area contributed by atoms with Gasteiger partial charge in [-0.3, -0.25) is 0 Å². The third-order valence-corrected chi connectivity index (χ3v) is 3.88. The molecule has 1 aliphatic heterocycles. The molecule has 3 rings (SSSR count). The largest absolute Gasteiger partial charge is 0.489 e. The van der Waals surface area contributed by atoms with Crippen LogP contribution < -0.4 is 20.1 Å². The maximum atomic E-state index is 6.29. The van der Waals surface area contributed by atoms with Gasteiger partial charge in [0.05, 0.1) is 18.2 Å². The minimum absolute atomic E-state index is 0.614. The van der Waals surface area contributed by atoms with Crippen LogP contribution in [0.5, 0.6) is 11.5 Å². The van der Waals surface area contributed by atoms with Gasteiger partial charge in [-0.05, 0) is 29.8 Å². The summed E-state index contributed by atoms with van der Waals surface area (Å²) in [6, 6.07) is 14.1. The molecule has 0 aliphatic carbocycles. The average Bonchev–Trinajstić information content (AvgIpc) is 2.81. The molecule has 23 heavy (non-hydrogen) atoms. The lowest BCUT2D eigenvalue weighted by molar-refractivity contribution is 0.297. The van der Waals surface area contributed by atoms with Crippen molar-refractivity contribution in [2.24, 2.45) is 0 Å². The Bertz CT molecular complexity index is 634. The first-order chi connectivity index (χ1) is 11.3. The van der Waals surface area contributed by atoms with Crippen LogP contribution in [0.3, 0.4) is 0 Å². The molecule has 0 unspecified atom stereocenters. The molecule has 5 heteroatoms. The molecule has 0 fully saturated rings. The summed E-state index contributed by atoms with van der Waals surface area (Å²) < 4.78 is 11.3. The predicted octanol–water partition coefficient (Wildman–Crippen LogP) is 3.70. The van der Waals surface area contributed by atoms with Crippen LogP contribution in [0.25, 0.3) is 0 Å². The number of ether oxygens (including phenoxy) is 2. The Hall–Kier alpha value is -1.91. The standard InChI is InChI=1S/C18H21ClN2O2/c19-16-11-14(12-17-18(16)23-10-4-9-22-17)13-20-7-8-21-15-5-2-1-3-6-15/h1-3,5-6,11-12,20-21H,4,7-10,13H2. The van der Waals surface area contributed by atoms with E-state index < -0.39 is 0 Å². The summed E-state index contributed by atoms with van der Waals surface area (Å²) in [6.07, 6.45) is 0.879.